The number of amides is 1. The highest BCUT2D eigenvalue weighted by Gasteiger charge is 2.09. The van der Waals surface area contributed by atoms with Gasteiger partial charge in [-0.1, -0.05) is 30.3 Å². The molecule has 0 heterocycles. The van der Waals surface area contributed by atoms with Crippen molar-refractivity contribution in [3.63, 3.8) is 0 Å². The number of carbonyl (C=O) groups is 1. The topological polar surface area (TPSA) is 67.8 Å². The van der Waals surface area contributed by atoms with E-state index in [2.05, 4.69) is 5.32 Å². The normalized spacial score (nSPS) is 11.7. The maximum absolute atomic E-state index is 11.7. The summed E-state index contributed by atoms with van der Waals surface area (Å²) in [5, 5.41) is 3.33. The number of anilines is 1. The molecule has 0 aromatic heterocycles. The number of hydrogen-bond donors (Lipinski definition) is 2. The molecule has 2 rings (SSSR count). The number of hydrogen-bond acceptors (Lipinski definition) is 4. The molecular weight excluding hydrogens is 301 g/mol. The van der Waals surface area contributed by atoms with Crippen LogP contribution < -0.4 is 10.6 Å². The number of benzene rings is 2. The molecule has 0 aliphatic rings. The van der Waals surface area contributed by atoms with Gasteiger partial charge in [0.15, 0.2) is 0 Å². The second-order valence-corrected chi connectivity index (χ2v) is 5.74. The van der Waals surface area contributed by atoms with Crippen LogP contribution in [-0.2, 0) is 15.9 Å². The third-order valence-corrected chi connectivity index (χ3v) is 4.04. The first-order chi connectivity index (χ1) is 10.7. The van der Waals surface area contributed by atoms with Crippen LogP contribution in [0, 0.1) is 0 Å². The van der Waals surface area contributed by atoms with Gasteiger partial charge in [-0.2, -0.15) is 0 Å². The SMILES string of the molecule is CCOP(O)c1ccc(NC(=O)OCc2ccccc2)cc1. The molecule has 2 aromatic rings. The van der Waals surface area contributed by atoms with Gasteiger partial charge in [-0.15, -0.1) is 0 Å². The molecule has 0 fully saturated rings. The molecule has 5 nitrogen and oxygen atoms in total. The Kier molecular flexibility index (Phi) is 6.34. The number of carbonyl (C=O) groups excluding carboxylic acids is 1. The first-order valence-electron chi connectivity index (χ1n) is 6.88. The van der Waals surface area contributed by atoms with Crippen LogP contribution in [0.2, 0.25) is 0 Å². The van der Waals surface area contributed by atoms with Gasteiger partial charge in [-0.3, -0.25) is 5.32 Å². The van der Waals surface area contributed by atoms with Gasteiger partial charge in [0, 0.05) is 11.0 Å². The summed E-state index contributed by atoms with van der Waals surface area (Å²) in [6.07, 6.45) is -0.521. The molecule has 2 aromatic carbocycles. The minimum atomic E-state index is -1.59. The maximum atomic E-state index is 11.7. The van der Waals surface area contributed by atoms with Crippen molar-refractivity contribution < 1.29 is 18.9 Å². The van der Waals surface area contributed by atoms with Gasteiger partial charge in [-0.25, -0.2) is 4.79 Å². The van der Waals surface area contributed by atoms with Crippen LogP contribution in [0.3, 0.4) is 0 Å². The molecule has 6 heteroatoms. The largest absolute Gasteiger partial charge is 0.444 e. The van der Waals surface area contributed by atoms with E-state index in [0.29, 0.717) is 17.6 Å². The van der Waals surface area contributed by atoms with Crippen molar-refractivity contribution in [2.45, 2.75) is 13.5 Å². The van der Waals surface area contributed by atoms with Crippen molar-refractivity contribution in [1.29, 1.82) is 0 Å². The lowest BCUT2D eigenvalue weighted by atomic mass is 10.2. The first-order valence-corrected chi connectivity index (χ1v) is 8.10. The van der Waals surface area contributed by atoms with Crippen molar-refractivity contribution in [2.24, 2.45) is 0 Å². The summed E-state index contributed by atoms with van der Waals surface area (Å²) < 4.78 is 10.3. The van der Waals surface area contributed by atoms with E-state index in [4.69, 9.17) is 9.26 Å². The molecule has 22 heavy (non-hydrogen) atoms. The smallest absolute Gasteiger partial charge is 0.411 e. The van der Waals surface area contributed by atoms with E-state index in [0.717, 1.165) is 5.56 Å². The zero-order valence-corrected chi connectivity index (χ0v) is 13.1. The van der Waals surface area contributed by atoms with Crippen molar-refractivity contribution in [1.82, 2.24) is 0 Å². The predicted molar refractivity (Wildman–Crippen MR) is 87.1 cm³/mol. The highest BCUT2D eigenvalue weighted by atomic mass is 31.2. The Hall–Kier alpha value is -1.94. The summed E-state index contributed by atoms with van der Waals surface area (Å²) in [4.78, 5) is 21.4. The molecule has 1 atom stereocenters. The van der Waals surface area contributed by atoms with E-state index in [1.807, 2.05) is 37.3 Å². The summed E-state index contributed by atoms with van der Waals surface area (Å²) in [7, 11) is -1.59. The van der Waals surface area contributed by atoms with Gasteiger partial charge in [0.25, 0.3) is 0 Å². The van der Waals surface area contributed by atoms with Crippen LogP contribution >= 0.6 is 8.38 Å². The Balaban J connectivity index is 1.84. The van der Waals surface area contributed by atoms with Crippen molar-refractivity contribution >= 4 is 25.5 Å². The average molecular weight is 319 g/mol. The fraction of sp³-hybridized carbons (Fsp3) is 0.188. The highest BCUT2D eigenvalue weighted by molar-refractivity contribution is 7.55. The molecule has 1 unspecified atom stereocenters. The lowest BCUT2D eigenvalue weighted by molar-refractivity contribution is 0.155. The van der Waals surface area contributed by atoms with E-state index in [-0.39, 0.29) is 6.61 Å². The summed E-state index contributed by atoms with van der Waals surface area (Å²) in [6, 6.07) is 16.3. The molecule has 0 radical (unpaired) electrons. The van der Waals surface area contributed by atoms with E-state index in [9.17, 15) is 9.69 Å². The molecule has 0 aliphatic carbocycles. The summed E-state index contributed by atoms with van der Waals surface area (Å²) in [5.41, 5.74) is 1.53. The number of ether oxygens (including phenoxy) is 1. The van der Waals surface area contributed by atoms with Gasteiger partial charge < -0.3 is 14.2 Å². The zero-order valence-electron chi connectivity index (χ0n) is 12.2. The molecule has 0 saturated heterocycles. The lowest BCUT2D eigenvalue weighted by Crippen LogP contribution is -2.14. The number of nitrogens with one attached hydrogen (secondary N) is 1. The molecule has 0 spiro atoms. The van der Waals surface area contributed by atoms with E-state index < -0.39 is 14.5 Å². The fourth-order valence-electron chi connectivity index (χ4n) is 1.75. The average Bonchev–Trinajstić information content (AvgIpc) is 2.55. The Labute approximate surface area is 130 Å². The zero-order chi connectivity index (χ0) is 15.8. The fourth-order valence-corrected chi connectivity index (χ4v) is 2.54. The van der Waals surface area contributed by atoms with Crippen LogP contribution in [0.5, 0.6) is 0 Å². The third kappa shape index (κ3) is 5.11. The molecule has 0 saturated carbocycles. The van der Waals surface area contributed by atoms with Crippen LogP contribution in [0.25, 0.3) is 0 Å². The molecule has 0 aliphatic heterocycles. The molecule has 2 N–H and O–H groups in total. The van der Waals surface area contributed by atoms with Crippen molar-refractivity contribution in [3.05, 3.63) is 60.2 Å². The van der Waals surface area contributed by atoms with Gasteiger partial charge >= 0.3 is 6.09 Å². The summed E-state index contributed by atoms with van der Waals surface area (Å²) in [6.45, 7) is 2.50. The second-order valence-electron chi connectivity index (χ2n) is 4.42. The Morgan fingerprint density at radius 2 is 1.82 bits per heavy atom. The maximum Gasteiger partial charge on any atom is 0.411 e. The van der Waals surface area contributed by atoms with E-state index >= 15 is 0 Å². The van der Waals surface area contributed by atoms with Crippen LogP contribution in [0.4, 0.5) is 10.5 Å². The van der Waals surface area contributed by atoms with Crippen LogP contribution in [0.1, 0.15) is 12.5 Å². The van der Waals surface area contributed by atoms with Crippen LogP contribution in [-0.4, -0.2) is 17.6 Å². The molecule has 116 valence electrons. The molecular formula is C16H18NO4P. The van der Waals surface area contributed by atoms with Crippen molar-refractivity contribution in [2.75, 3.05) is 11.9 Å². The van der Waals surface area contributed by atoms with Gasteiger partial charge in [0.1, 0.15) is 6.61 Å². The minimum Gasteiger partial charge on any atom is -0.444 e. The van der Waals surface area contributed by atoms with E-state index in [1.54, 1.807) is 24.3 Å². The standard InChI is InChI=1S/C16H18NO4P/c1-2-21-22(19)15-10-8-14(9-11-15)17-16(18)20-12-13-6-4-3-5-7-13/h3-11,19H,2,12H2,1H3,(H,17,18). The monoisotopic (exact) mass is 319 g/mol. The van der Waals surface area contributed by atoms with Gasteiger partial charge in [0.2, 0.25) is 8.38 Å². The lowest BCUT2D eigenvalue weighted by Gasteiger charge is -2.11. The quantitative estimate of drug-likeness (QED) is 0.801. The summed E-state index contributed by atoms with van der Waals surface area (Å²) in [5.74, 6) is 0. The first kappa shape index (κ1) is 16.4. The molecule has 0 bridgehead atoms. The van der Waals surface area contributed by atoms with Crippen molar-refractivity contribution in [3.8, 4) is 0 Å². The Morgan fingerprint density at radius 3 is 2.45 bits per heavy atom. The van der Waals surface area contributed by atoms with E-state index in [1.165, 1.54) is 0 Å². The predicted octanol–water partition coefficient (Wildman–Crippen LogP) is 3.40. The van der Waals surface area contributed by atoms with Crippen LogP contribution in [0.15, 0.2) is 54.6 Å². The number of rotatable bonds is 6. The summed E-state index contributed by atoms with van der Waals surface area (Å²) >= 11 is 0. The van der Waals surface area contributed by atoms with Gasteiger partial charge in [0.05, 0.1) is 6.61 Å². The second kappa shape index (κ2) is 8.49. The Bertz CT molecular complexity index is 589. The minimum absolute atomic E-state index is 0.219. The highest BCUT2D eigenvalue weighted by Crippen LogP contribution is 2.30. The molecule has 1 amide bonds. The Morgan fingerprint density at radius 1 is 1.14 bits per heavy atom. The third-order valence-electron chi connectivity index (χ3n) is 2.80. The van der Waals surface area contributed by atoms with Gasteiger partial charge in [-0.05, 0) is 36.8 Å².